The van der Waals surface area contributed by atoms with E-state index in [-0.39, 0.29) is 0 Å². The van der Waals surface area contributed by atoms with E-state index in [1.165, 1.54) is 0 Å². The Labute approximate surface area is 88.8 Å². The minimum absolute atomic E-state index is 0.989. The molecule has 0 amide bonds. The fraction of sp³-hybridized carbons (Fsp3) is 0.111. The van der Waals surface area contributed by atoms with Gasteiger partial charge in [-0.25, -0.2) is 0 Å². The molecule has 0 saturated heterocycles. The summed E-state index contributed by atoms with van der Waals surface area (Å²) < 4.78 is 1.04. The molecule has 0 saturated carbocycles. The highest BCUT2D eigenvalue weighted by Crippen LogP contribution is 2.23. The zero-order valence-corrected chi connectivity index (χ0v) is 9.39. The highest BCUT2D eigenvalue weighted by Gasteiger charge is 2.02. The summed E-state index contributed by atoms with van der Waals surface area (Å²) >= 11 is 5.02. The first-order chi connectivity index (χ1) is 6.27. The predicted octanol–water partition coefficient (Wildman–Crippen LogP) is 3.28. The fourth-order valence-electron chi connectivity index (χ4n) is 1.02. The Morgan fingerprint density at radius 1 is 1.38 bits per heavy atom. The number of halogens is 1. The average Bonchev–Trinajstić information content (AvgIpc) is 2.62. The summed E-state index contributed by atoms with van der Waals surface area (Å²) in [5.74, 6) is 0. The molecule has 2 heterocycles. The zero-order chi connectivity index (χ0) is 9.26. The van der Waals surface area contributed by atoms with E-state index in [2.05, 4.69) is 25.9 Å². The number of thiazole rings is 1. The van der Waals surface area contributed by atoms with Crippen LogP contribution in [0.5, 0.6) is 0 Å². The Morgan fingerprint density at radius 2 is 2.23 bits per heavy atom. The molecule has 0 aliphatic rings. The van der Waals surface area contributed by atoms with Gasteiger partial charge >= 0.3 is 0 Å². The van der Waals surface area contributed by atoms with Crippen LogP contribution in [0.3, 0.4) is 0 Å². The van der Waals surface area contributed by atoms with Crippen molar-refractivity contribution in [2.24, 2.45) is 0 Å². The first-order valence-electron chi connectivity index (χ1n) is 3.79. The van der Waals surface area contributed by atoms with Gasteiger partial charge in [0, 0.05) is 10.7 Å². The van der Waals surface area contributed by atoms with Gasteiger partial charge in [-0.1, -0.05) is 0 Å². The second-order valence-electron chi connectivity index (χ2n) is 2.63. The van der Waals surface area contributed by atoms with Crippen LogP contribution >= 0.6 is 27.3 Å². The molecule has 0 radical (unpaired) electrons. The van der Waals surface area contributed by atoms with Crippen LogP contribution in [-0.2, 0) is 0 Å². The quantitative estimate of drug-likeness (QED) is 0.781. The van der Waals surface area contributed by atoms with E-state index in [9.17, 15) is 0 Å². The lowest BCUT2D eigenvalue weighted by molar-refractivity contribution is 1.19. The normalized spacial score (nSPS) is 10.3. The van der Waals surface area contributed by atoms with Gasteiger partial charge in [-0.05, 0) is 35.0 Å². The van der Waals surface area contributed by atoms with Crippen LogP contribution in [0.25, 0.3) is 10.6 Å². The maximum atomic E-state index is 4.44. The Hall–Kier alpha value is -0.740. The summed E-state index contributed by atoms with van der Waals surface area (Å²) in [6.45, 7) is 1.98. The van der Waals surface area contributed by atoms with Gasteiger partial charge in [0.25, 0.3) is 0 Å². The second kappa shape index (κ2) is 3.55. The summed E-state index contributed by atoms with van der Waals surface area (Å²) in [6.07, 6.45) is 1.83. The summed E-state index contributed by atoms with van der Waals surface area (Å²) in [7, 11) is 0. The Morgan fingerprint density at radius 3 is 2.85 bits per heavy atom. The molecule has 0 unspecified atom stereocenters. The Balaban J connectivity index is 2.49. The minimum atomic E-state index is 0.989. The molecule has 0 bridgehead atoms. The largest absolute Gasteiger partial charge is 0.252 e. The van der Waals surface area contributed by atoms with Crippen LogP contribution in [0, 0.1) is 6.92 Å². The van der Waals surface area contributed by atoms with E-state index in [4.69, 9.17) is 0 Å². The molecule has 4 heteroatoms. The van der Waals surface area contributed by atoms with E-state index in [0.29, 0.717) is 0 Å². The van der Waals surface area contributed by atoms with E-state index in [1.54, 1.807) is 11.3 Å². The lowest BCUT2D eigenvalue weighted by atomic mass is 10.3. The van der Waals surface area contributed by atoms with Crippen LogP contribution in [0.2, 0.25) is 0 Å². The van der Waals surface area contributed by atoms with Crippen molar-refractivity contribution in [3.8, 4) is 10.6 Å². The summed E-state index contributed by atoms with van der Waals surface area (Å²) in [5, 5.41) is 0. The first-order valence-corrected chi connectivity index (χ1v) is 5.46. The molecule has 0 aromatic carbocycles. The van der Waals surface area contributed by atoms with E-state index in [1.807, 2.05) is 30.8 Å². The highest BCUT2D eigenvalue weighted by molar-refractivity contribution is 9.10. The number of nitrogens with zero attached hydrogens (tertiary/aromatic N) is 2. The van der Waals surface area contributed by atoms with E-state index in [0.717, 1.165) is 20.7 Å². The molecule has 2 nitrogen and oxygen atoms in total. The number of aromatic nitrogens is 2. The van der Waals surface area contributed by atoms with Gasteiger partial charge in [0.1, 0.15) is 0 Å². The molecule has 2 rings (SSSR count). The zero-order valence-electron chi connectivity index (χ0n) is 6.99. The van der Waals surface area contributed by atoms with Gasteiger partial charge in [-0.2, -0.15) is 0 Å². The number of pyridine rings is 1. The van der Waals surface area contributed by atoms with Crippen molar-refractivity contribution in [2.45, 2.75) is 6.92 Å². The van der Waals surface area contributed by atoms with Crippen molar-refractivity contribution in [2.75, 3.05) is 0 Å². The molecule has 2 aromatic heterocycles. The van der Waals surface area contributed by atoms with E-state index < -0.39 is 0 Å². The number of aryl methyl sites for hydroxylation is 1. The topological polar surface area (TPSA) is 25.8 Å². The van der Waals surface area contributed by atoms with Crippen LogP contribution in [0.15, 0.2) is 28.3 Å². The first kappa shape index (κ1) is 8.84. The molecule has 2 aromatic rings. The molecule has 0 N–H and O–H groups in total. The maximum Gasteiger partial charge on any atom is 0.0822 e. The number of hydrogen-bond acceptors (Lipinski definition) is 3. The van der Waals surface area contributed by atoms with Crippen LogP contribution in [0.1, 0.15) is 5.69 Å². The molecule has 0 aliphatic carbocycles. The van der Waals surface area contributed by atoms with Gasteiger partial charge in [-0.3, -0.25) is 9.97 Å². The lowest BCUT2D eigenvalue weighted by Crippen LogP contribution is -1.85. The molecule has 0 atom stereocenters. The molecule has 0 aliphatic heterocycles. The van der Waals surface area contributed by atoms with Crippen molar-refractivity contribution >= 4 is 27.3 Å². The minimum Gasteiger partial charge on any atom is -0.252 e. The molecule has 0 spiro atoms. The second-order valence-corrected chi connectivity index (χ2v) is 4.37. The molecular formula is C9H7BrN2S. The van der Waals surface area contributed by atoms with Crippen LogP contribution in [-0.4, -0.2) is 9.97 Å². The molecule has 13 heavy (non-hydrogen) atoms. The van der Waals surface area contributed by atoms with Gasteiger partial charge in [0.15, 0.2) is 0 Å². The van der Waals surface area contributed by atoms with Gasteiger partial charge in [0.05, 0.1) is 21.8 Å². The average molecular weight is 255 g/mol. The van der Waals surface area contributed by atoms with Crippen molar-refractivity contribution in [3.63, 3.8) is 0 Å². The highest BCUT2D eigenvalue weighted by atomic mass is 79.9. The monoisotopic (exact) mass is 254 g/mol. The molecule has 66 valence electrons. The van der Waals surface area contributed by atoms with Crippen molar-refractivity contribution in [1.29, 1.82) is 0 Å². The Bertz CT molecular complexity index is 412. The maximum absolute atomic E-state index is 4.44. The van der Waals surface area contributed by atoms with Gasteiger partial charge in [-0.15, -0.1) is 11.3 Å². The third-order valence-corrected chi connectivity index (χ3v) is 3.34. The smallest absolute Gasteiger partial charge is 0.0822 e. The van der Waals surface area contributed by atoms with E-state index >= 15 is 0 Å². The van der Waals surface area contributed by atoms with Crippen molar-refractivity contribution in [1.82, 2.24) is 9.97 Å². The summed E-state index contributed by atoms with van der Waals surface area (Å²) in [4.78, 5) is 9.56. The summed E-state index contributed by atoms with van der Waals surface area (Å²) in [5.41, 5.74) is 3.81. The molecular weight excluding hydrogens is 248 g/mol. The standard InChI is InChI=1S/C9H7BrN2S/c1-6-7(10)2-3-8(12-6)9-4-11-5-13-9/h2-5H,1H3. The van der Waals surface area contributed by atoms with Crippen LogP contribution in [0.4, 0.5) is 0 Å². The summed E-state index contributed by atoms with van der Waals surface area (Å²) in [6, 6.07) is 4.00. The third-order valence-electron chi connectivity index (χ3n) is 1.71. The van der Waals surface area contributed by atoms with Gasteiger partial charge in [0.2, 0.25) is 0 Å². The lowest BCUT2D eigenvalue weighted by Gasteiger charge is -1.99. The third kappa shape index (κ3) is 1.78. The van der Waals surface area contributed by atoms with Gasteiger partial charge < -0.3 is 0 Å². The van der Waals surface area contributed by atoms with Crippen molar-refractivity contribution in [3.05, 3.63) is 34.0 Å². The fourth-order valence-corrected chi connectivity index (χ4v) is 1.84. The molecule has 0 fully saturated rings. The number of rotatable bonds is 1. The van der Waals surface area contributed by atoms with Crippen molar-refractivity contribution < 1.29 is 0 Å². The Kier molecular flexibility index (Phi) is 2.42. The number of hydrogen-bond donors (Lipinski definition) is 0. The van der Waals surface area contributed by atoms with Crippen LogP contribution < -0.4 is 0 Å². The predicted molar refractivity (Wildman–Crippen MR) is 57.8 cm³/mol. The SMILES string of the molecule is Cc1nc(-c2cncs2)ccc1Br.